The van der Waals surface area contributed by atoms with Crippen molar-refractivity contribution >= 4 is 11.8 Å². The summed E-state index contributed by atoms with van der Waals surface area (Å²) in [5.41, 5.74) is 0. The van der Waals surface area contributed by atoms with Crippen molar-refractivity contribution in [1.82, 2.24) is 20.1 Å². The molecule has 2 N–H and O–H groups in total. The lowest BCUT2D eigenvalue weighted by atomic mass is 10.3. The SMILES string of the molecule is CCCCNc1cnnc(NCCN2CCOCC2)n1. The molecular weight excluding hydrogens is 256 g/mol. The lowest BCUT2D eigenvalue weighted by Crippen LogP contribution is -2.39. The fraction of sp³-hybridized carbons (Fsp3) is 0.769. The van der Waals surface area contributed by atoms with Crippen LogP contribution >= 0.6 is 0 Å². The molecule has 0 unspecified atom stereocenters. The Morgan fingerprint density at radius 1 is 1.25 bits per heavy atom. The van der Waals surface area contributed by atoms with Crippen LogP contribution < -0.4 is 10.6 Å². The van der Waals surface area contributed by atoms with Crippen molar-refractivity contribution in [2.45, 2.75) is 19.8 Å². The van der Waals surface area contributed by atoms with Crippen molar-refractivity contribution < 1.29 is 4.74 Å². The third-order valence-electron chi connectivity index (χ3n) is 3.21. The van der Waals surface area contributed by atoms with Crippen LogP contribution in [0.1, 0.15) is 19.8 Å². The number of rotatable bonds is 8. The molecule has 0 radical (unpaired) electrons. The number of hydrogen-bond acceptors (Lipinski definition) is 7. The van der Waals surface area contributed by atoms with E-state index in [0.29, 0.717) is 5.95 Å². The Bertz CT molecular complexity index is 383. The summed E-state index contributed by atoms with van der Waals surface area (Å²) < 4.78 is 5.32. The average Bonchev–Trinajstić information content (AvgIpc) is 2.49. The molecule has 1 aliphatic rings. The van der Waals surface area contributed by atoms with Gasteiger partial charge in [-0.25, -0.2) is 0 Å². The van der Waals surface area contributed by atoms with E-state index in [2.05, 4.69) is 37.6 Å². The normalized spacial score (nSPS) is 16.1. The number of nitrogens with one attached hydrogen (secondary N) is 2. The predicted molar refractivity (Wildman–Crippen MR) is 79.0 cm³/mol. The van der Waals surface area contributed by atoms with Crippen molar-refractivity contribution in [3.8, 4) is 0 Å². The Balaban J connectivity index is 1.70. The number of aromatic nitrogens is 3. The van der Waals surface area contributed by atoms with Crippen molar-refractivity contribution in [2.24, 2.45) is 0 Å². The maximum atomic E-state index is 5.32. The first kappa shape index (κ1) is 14.9. The molecule has 7 nitrogen and oxygen atoms in total. The van der Waals surface area contributed by atoms with Crippen molar-refractivity contribution in [3.63, 3.8) is 0 Å². The smallest absolute Gasteiger partial charge is 0.244 e. The van der Waals surface area contributed by atoms with E-state index in [9.17, 15) is 0 Å². The van der Waals surface area contributed by atoms with Crippen LogP contribution in [0, 0.1) is 0 Å². The fourth-order valence-electron chi connectivity index (χ4n) is 2.01. The molecule has 1 aromatic rings. The summed E-state index contributed by atoms with van der Waals surface area (Å²) in [5.74, 6) is 1.36. The van der Waals surface area contributed by atoms with E-state index >= 15 is 0 Å². The zero-order valence-electron chi connectivity index (χ0n) is 12.1. The molecule has 0 aromatic carbocycles. The Morgan fingerprint density at radius 2 is 2.10 bits per heavy atom. The molecule has 0 amide bonds. The maximum Gasteiger partial charge on any atom is 0.244 e. The van der Waals surface area contributed by atoms with Gasteiger partial charge in [0.25, 0.3) is 0 Å². The molecule has 2 rings (SSSR count). The van der Waals surface area contributed by atoms with E-state index in [0.717, 1.165) is 64.6 Å². The van der Waals surface area contributed by atoms with Crippen molar-refractivity contribution in [3.05, 3.63) is 6.20 Å². The molecule has 0 saturated carbocycles. The van der Waals surface area contributed by atoms with Gasteiger partial charge in [-0.1, -0.05) is 13.3 Å². The molecular formula is C13H24N6O. The van der Waals surface area contributed by atoms with Gasteiger partial charge in [-0.05, 0) is 6.42 Å². The molecule has 7 heteroatoms. The number of hydrogen-bond donors (Lipinski definition) is 2. The first-order valence-electron chi connectivity index (χ1n) is 7.36. The summed E-state index contributed by atoms with van der Waals surface area (Å²) in [6.07, 6.45) is 3.95. The van der Waals surface area contributed by atoms with E-state index in [4.69, 9.17) is 4.74 Å². The molecule has 0 spiro atoms. The Hall–Kier alpha value is -1.47. The largest absolute Gasteiger partial charge is 0.379 e. The second-order valence-corrected chi connectivity index (χ2v) is 4.83. The lowest BCUT2D eigenvalue weighted by Gasteiger charge is -2.26. The fourth-order valence-corrected chi connectivity index (χ4v) is 2.01. The summed E-state index contributed by atoms with van der Waals surface area (Å²) >= 11 is 0. The molecule has 0 aliphatic carbocycles. The Labute approximate surface area is 120 Å². The van der Waals surface area contributed by atoms with Crippen LogP contribution in [0.4, 0.5) is 11.8 Å². The summed E-state index contributed by atoms with van der Waals surface area (Å²) in [4.78, 5) is 6.76. The van der Waals surface area contributed by atoms with E-state index in [1.807, 2.05) is 0 Å². The third kappa shape index (κ3) is 5.26. The average molecular weight is 280 g/mol. The molecule has 2 heterocycles. The standard InChI is InChI=1S/C13H24N6O/c1-2-3-4-14-12-11-16-18-13(17-12)15-5-6-19-7-9-20-10-8-19/h11H,2-10H2,1H3,(H2,14,15,17,18). The van der Waals surface area contributed by atoms with E-state index in [-0.39, 0.29) is 0 Å². The first-order chi connectivity index (χ1) is 9.88. The minimum absolute atomic E-state index is 0.583. The van der Waals surface area contributed by atoms with E-state index < -0.39 is 0 Å². The molecule has 20 heavy (non-hydrogen) atoms. The zero-order chi connectivity index (χ0) is 14.0. The molecule has 0 bridgehead atoms. The number of ether oxygens (including phenoxy) is 1. The number of anilines is 2. The minimum Gasteiger partial charge on any atom is -0.379 e. The van der Waals surface area contributed by atoms with Crippen LogP contribution in [-0.4, -0.2) is 66.0 Å². The Morgan fingerprint density at radius 3 is 2.90 bits per heavy atom. The highest BCUT2D eigenvalue weighted by molar-refractivity contribution is 5.36. The van der Waals surface area contributed by atoms with Crippen LogP contribution in [0.15, 0.2) is 6.20 Å². The second-order valence-electron chi connectivity index (χ2n) is 4.83. The summed E-state index contributed by atoms with van der Waals surface area (Å²) in [7, 11) is 0. The molecule has 1 aromatic heterocycles. The molecule has 0 atom stereocenters. The number of morpholine rings is 1. The van der Waals surface area contributed by atoms with Gasteiger partial charge in [0.1, 0.15) is 5.82 Å². The lowest BCUT2D eigenvalue weighted by molar-refractivity contribution is 0.0398. The number of nitrogens with zero attached hydrogens (tertiary/aromatic N) is 4. The van der Waals surface area contributed by atoms with Crippen molar-refractivity contribution in [2.75, 3.05) is 56.6 Å². The Kier molecular flexibility index (Phi) is 6.46. The van der Waals surface area contributed by atoms with Crippen LogP contribution in [-0.2, 0) is 4.74 Å². The van der Waals surface area contributed by atoms with Gasteiger partial charge in [0.15, 0.2) is 0 Å². The molecule has 112 valence electrons. The quantitative estimate of drug-likeness (QED) is 0.683. The second kappa shape index (κ2) is 8.65. The van der Waals surface area contributed by atoms with E-state index in [1.54, 1.807) is 6.20 Å². The summed E-state index contributed by atoms with van der Waals surface area (Å²) in [6.45, 7) is 8.53. The summed E-state index contributed by atoms with van der Waals surface area (Å²) in [5, 5.41) is 14.4. The zero-order valence-corrected chi connectivity index (χ0v) is 12.1. The molecule has 1 fully saturated rings. The van der Waals surface area contributed by atoms with Gasteiger partial charge in [-0.2, -0.15) is 10.1 Å². The number of unbranched alkanes of at least 4 members (excludes halogenated alkanes) is 1. The monoisotopic (exact) mass is 280 g/mol. The van der Waals surface area contributed by atoms with Gasteiger partial charge in [-0.3, -0.25) is 4.90 Å². The third-order valence-corrected chi connectivity index (χ3v) is 3.21. The summed E-state index contributed by atoms with van der Waals surface area (Å²) in [6, 6.07) is 0. The molecule has 1 aliphatic heterocycles. The maximum absolute atomic E-state index is 5.32. The van der Waals surface area contributed by atoms with Gasteiger partial charge in [-0.15, -0.1) is 5.10 Å². The van der Waals surface area contributed by atoms with Gasteiger partial charge in [0.05, 0.1) is 19.4 Å². The predicted octanol–water partition coefficient (Wildman–Crippen LogP) is 0.828. The highest BCUT2D eigenvalue weighted by atomic mass is 16.5. The van der Waals surface area contributed by atoms with Gasteiger partial charge in [0, 0.05) is 32.7 Å². The van der Waals surface area contributed by atoms with Crippen LogP contribution in [0.2, 0.25) is 0 Å². The highest BCUT2D eigenvalue weighted by Crippen LogP contribution is 2.04. The molecule has 1 saturated heterocycles. The van der Waals surface area contributed by atoms with Gasteiger partial charge < -0.3 is 15.4 Å². The van der Waals surface area contributed by atoms with Crippen LogP contribution in [0.3, 0.4) is 0 Å². The minimum atomic E-state index is 0.583. The van der Waals surface area contributed by atoms with Crippen molar-refractivity contribution in [1.29, 1.82) is 0 Å². The van der Waals surface area contributed by atoms with E-state index in [1.165, 1.54) is 0 Å². The van der Waals surface area contributed by atoms with Crippen LogP contribution in [0.25, 0.3) is 0 Å². The first-order valence-corrected chi connectivity index (χ1v) is 7.36. The topological polar surface area (TPSA) is 75.2 Å². The van der Waals surface area contributed by atoms with Gasteiger partial charge >= 0.3 is 0 Å². The highest BCUT2D eigenvalue weighted by Gasteiger charge is 2.09. The van der Waals surface area contributed by atoms with Crippen LogP contribution in [0.5, 0.6) is 0 Å². The van der Waals surface area contributed by atoms with Gasteiger partial charge in [0.2, 0.25) is 5.95 Å².